The zero-order chi connectivity index (χ0) is 13.3. The summed E-state index contributed by atoms with van der Waals surface area (Å²) in [5.41, 5.74) is -0.682. The van der Waals surface area contributed by atoms with Crippen LogP contribution in [-0.2, 0) is 19.1 Å². The largest absolute Gasteiger partial charge is 0.469 e. The molecule has 0 spiro atoms. The highest BCUT2D eigenvalue weighted by Gasteiger charge is 2.56. The maximum absolute atomic E-state index is 12.0. The van der Waals surface area contributed by atoms with E-state index >= 15 is 0 Å². The monoisotopic (exact) mass is 255 g/mol. The highest BCUT2D eigenvalue weighted by Crippen LogP contribution is 2.43. The molecular weight excluding hydrogens is 234 g/mol. The minimum absolute atomic E-state index is 0.121. The summed E-state index contributed by atoms with van der Waals surface area (Å²) in [6, 6.07) is 0.121. The van der Waals surface area contributed by atoms with Crippen molar-refractivity contribution in [1.82, 2.24) is 4.90 Å². The molecule has 0 aromatic carbocycles. The van der Waals surface area contributed by atoms with Crippen LogP contribution in [0.4, 0.5) is 0 Å². The first-order valence-electron chi connectivity index (χ1n) is 6.47. The van der Waals surface area contributed by atoms with E-state index in [1.54, 1.807) is 0 Å². The summed E-state index contributed by atoms with van der Waals surface area (Å²) in [7, 11) is 2.81. The lowest BCUT2D eigenvalue weighted by Crippen LogP contribution is -2.53. The number of fused-ring (bicyclic) bond motifs is 1. The van der Waals surface area contributed by atoms with Gasteiger partial charge in [-0.25, -0.2) is 0 Å². The summed E-state index contributed by atoms with van der Waals surface area (Å²) in [5, 5.41) is 0. The molecule has 0 N–H and O–H groups in total. The van der Waals surface area contributed by atoms with E-state index in [9.17, 15) is 9.59 Å². The lowest BCUT2D eigenvalue weighted by molar-refractivity contribution is -0.153. The zero-order valence-electron chi connectivity index (χ0n) is 11.3. The number of nitrogens with zero attached hydrogens (tertiary/aromatic N) is 1. The molecule has 18 heavy (non-hydrogen) atoms. The maximum Gasteiger partial charge on any atom is 0.326 e. The molecule has 102 valence electrons. The van der Waals surface area contributed by atoms with Crippen LogP contribution >= 0.6 is 0 Å². The van der Waals surface area contributed by atoms with Gasteiger partial charge in [0.25, 0.3) is 0 Å². The Hall–Kier alpha value is -1.10. The molecule has 0 aromatic heterocycles. The average Bonchev–Trinajstić information content (AvgIpc) is 2.72. The van der Waals surface area contributed by atoms with E-state index in [4.69, 9.17) is 9.47 Å². The van der Waals surface area contributed by atoms with Crippen LogP contribution in [-0.4, -0.2) is 49.2 Å². The summed E-state index contributed by atoms with van der Waals surface area (Å²) in [4.78, 5) is 26.0. The molecular formula is C13H21NO4. The Balaban J connectivity index is 2.28. The fourth-order valence-corrected chi connectivity index (χ4v) is 3.48. The summed E-state index contributed by atoms with van der Waals surface area (Å²) >= 11 is 0. The molecule has 5 nitrogen and oxygen atoms in total. The van der Waals surface area contributed by atoms with Gasteiger partial charge < -0.3 is 9.47 Å². The number of esters is 2. The number of carbonyl (C=O) groups excluding carboxylic acids is 2. The minimum Gasteiger partial charge on any atom is -0.469 e. The van der Waals surface area contributed by atoms with Crippen LogP contribution in [0.15, 0.2) is 0 Å². The highest BCUT2D eigenvalue weighted by atomic mass is 16.5. The van der Waals surface area contributed by atoms with Crippen molar-refractivity contribution >= 4 is 11.9 Å². The van der Waals surface area contributed by atoms with Crippen LogP contribution in [0.2, 0.25) is 0 Å². The normalized spacial score (nSPS) is 35.9. The molecule has 2 saturated heterocycles. The van der Waals surface area contributed by atoms with Gasteiger partial charge in [-0.2, -0.15) is 0 Å². The molecule has 2 aliphatic heterocycles. The molecule has 2 heterocycles. The predicted molar refractivity (Wildman–Crippen MR) is 64.9 cm³/mol. The second-order valence-corrected chi connectivity index (χ2v) is 5.36. The van der Waals surface area contributed by atoms with Crippen molar-refractivity contribution in [3.63, 3.8) is 0 Å². The van der Waals surface area contributed by atoms with Crippen molar-refractivity contribution in [3.8, 4) is 0 Å². The van der Waals surface area contributed by atoms with Crippen molar-refractivity contribution in [1.29, 1.82) is 0 Å². The zero-order valence-corrected chi connectivity index (χ0v) is 11.3. The van der Waals surface area contributed by atoms with Crippen molar-refractivity contribution in [3.05, 3.63) is 0 Å². The fourth-order valence-electron chi connectivity index (χ4n) is 3.48. The van der Waals surface area contributed by atoms with Gasteiger partial charge in [0.1, 0.15) is 5.54 Å². The molecule has 0 bridgehead atoms. The minimum atomic E-state index is -0.682. The van der Waals surface area contributed by atoms with E-state index in [1.165, 1.54) is 14.2 Å². The quantitative estimate of drug-likeness (QED) is 0.688. The summed E-state index contributed by atoms with van der Waals surface area (Å²) in [6.07, 6.45) is 3.62. The predicted octanol–water partition coefficient (Wildman–Crippen LogP) is 0.965. The number of hydrogen-bond acceptors (Lipinski definition) is 5. The fraction of sp³-hybridized carbons (Fsp3) is 0.846. The third-order valence-electron chi connectivity index (χ3n) is 4.39. The van der Waals surface area contributed by atoms with Crippen molar-refractivity contribution < 1.29 is 19.1 Å². The first kappa shape index (κ1) is 13.3. The first-order valence-corrected chi connectivity index (χ1v) is 6.47. The SMILES string of the molecule is COC(=O)[C@H]1C[C@@](C)(C(=O)OC)N2CCCC[C@@H]12. The topological polar surface area (TPSA) is 55.8 Å². The number of carbonyl (C=O) groups is 2. The van der Waals surface area contributed by atoms with Crippen LogP contribution in [0.25, 0.3) is 0 Å². The van der Waals surface area contributed by atoms with Crippen LogP contribution in [0.1, 0.15) is 32.6 Å². The van der Waals surface area contributed by atoms with Gasteiger partial charge in [-0.3, -0.25) is 14.5 Å². The molecule has 2 fully saturated rings. The molecule has 0 radical (unpaired) electrons. The molecule has 2 aliphatic rings. The average molecular weight is 255 g/mol. The van der Waals surface area contributed by atoms with Crippen LogP contribution in [0.3, 0.4) is 0 Å². The Morgan fingerprint density at radius 2 is 1.94 bits per heavy atom. The number of hydrogen-bond donors (Lipinski definition) is 0. The van der Waals surface area contributed by atoms with Crippen molar-refractivity contribution in [2.45, 2.75) is 44.2 Å². The standard InChI is InChI=1S/C13H21NO4/c1-13(12(16)18-3)8-9(11(15)17-2)10-6-4-5-7-14(10)13/h9-10H,4-8H2,1-3H3/t9-,10-,13-/m0/s1. The molecule has 0 aromatic rings. The van der Waals surface area contributed by atoms with E-state index in [-0.39, 0.29) is 23.9 Å². The number of piperidine rings is 1. The van der Waals surface area contributed by atoms with Gasteiger partial charge in [0, 0.05) is 6.04 Å². The van der Waals surface area contributed by atoms with Gasteiger partial charge in [-0.1, -0.05) is 6.42 Å². The summed E-state index contributed by atoms with van der Waals surface area (Å²) in [5.74, 6) is -0.667. The van der Waals surface area contributed by atoms with Crippen LogP contribution in [0.5, 0.6) is 0 Å². The number of ether oxygens (including phenoxy) is 2. The Labute approximate surface area is 107 Å². The highest BCUT2D eigenvalue weighted by molar-refractivity contribution is 5.84. The van der Waals surface area contributed by atoms with Gasteiger partial charge in [-0.15, -0.1) is 0 Å². The third kappa shape index (κ3) is 1.90. The first-order chi connectivity index (χ1) is 8.54. The van der Waals surface area contributed by atoms with Gasteiger partial charge in [0.2, 0.25) is 0 Å². The Bertz CT molecular complexity index is 357. The lowest BCUT2D eigenvalue weighted by atomic mass is 9.91. The summed E-state index contributed by atoms with van der Waals surface area (Å²) in [6.45, 7) is 2.73. The van der Waals surface area contributed by atoms with Crippen molar-refractivity contribution in [2.24, 2.45) is 5.92 Å². The molecule has 3 atom stereocenters. The van der Waals surface area contributed by atoms with Gasteiger partial charge in [0.15, 0.2) is 0 Å². The molecule has 0 aliphatic carbocycles. The van der Waals surface area contributed by atoms with E-state index in [1.807, 2.05) is 6.92 Å². The smallest absolute Gasteiger partial charge is 0.326 e. The molecule has 2 rings (SSSR count). The maximum atomic E-state index is 12.0. The number of rotatable bonds is 2. The Morgan fingerprint density at radius 1 is 1.22 bits per heavy atom. The van der Waals surface area contributed by atoms with Gasteiger partial charge >= 0.3 is 11.9 Å². The lowest BCUT2D eigenvalue weighted by Gasteiger charge is -2.39. The van der Waals surface area contributed by atoms with Crippen LogP contribution in [0, 0.1) is 5.92 Å². The van der Waals surface area contributed by atoms with E-state index in [2.05, 4.69) is 4.90 Å². The molecule has 5 heteroatoms. The van der Waals surface area contributed by atoms with Gasteiger partial charge in [0.05, 0.1) is 20.1 Å². The van der Waals surface area contributed by atoms with E-state index in [0.29, 0.717) is 6.42 Å². The molecule has 0 amide bonds. The van der Waals surface area contributed by atoms with Gasteiger partial charge in [-0.05, 0) is 32.7 Å². The molecule has 0 unspecified atom stereocenters. The van der Waals surface area contributed by atoms with E-state index in [0.717, 1.165) is 25.8 Å². The molecule has 0 saturated carbocycles. The third-order valence-corrected chi connectivity index (χ3v) is 4.39. The second-order valence-electron chi connectivity index (χ2n) is 5.36. The Morgan fingerprint density at radius 3 is 2.56 bits per heavy atom. The summed E-state index contributed by atoms with van der Waals surface area (Å²) < 4.78 is 9.79. The van der Waals surface area contributed by atoms with Crippen LogP contribution < -0.4 is 0 Å². The van der Waals surface area contributed by atoms with Crippen molar-refractivity contribution in [2.75, 3.05) is 20.8 Å². The van der Waals surface area contributed by atoms with E-state index < -0.39 is 5.54 Å². The Kier molecular flexibility index (Phi) is 3.61. The number of methoxy groups -OCH3 is 2. The second kappa shape index (κ2) is 4.88.